The minimum absolute atomic E-state index is 0.302. The lowest BCUT2D eigenvalue weighted by atomic mass is 10.0. The number of carbonyl (C=O) groups is 1. The van der Waals surface area contributed by atoms with Gasteiger partial charge in [-0.05, 0) is 54.1 Å². The average Bonchev–Trinajstić information content (AvgIpc) is 2.94. The second-order valence-corrected chi connectivity index (χ2v) is 6.52. The number of fused-ring (bicyclic) bond motifs is 1. The third-order valence-electron chi connectivity index (χ3n) is 4.03. The van der Waals surface area contributed by atoms with Gasteiger partial charge in [0.1, 0.15) is 0 Å². The van der Waals surface area contributed by atoms with E-state index in [1.165, 1.54) is 23.1 Å². The summed E-state index contributed by atoms with van der Waals surface area (Å²) in [6.07, 6.45) is 3.74. The third-order valence-corrected chi connectivity index (χ3v) is 4.91. The van der Waals surface area contributed by atoms with E-state index in [0.717, 1.165) is 29.8 Å². The van der Waals surface area contributed by atoms with Gasteiger partial charge in [0.25, 0.3) is 0 Å². The molecule has 1 aliphatic heterocycles. The fourth-order valence-electron chi connectivity index (χ4n) is 2.87. The number of methoxy groups -OCH3 is 1. The normalized spacial score (nSPS) is 12.7. The molecular formula is C19H19NO2S. The van der Waals surface area contributed by atoms with Crippen molar-refractivity contribution in [1.82, 2.24) is 0 Å². The van der Waals surface area contributed by atoms with Gasteiger partial charge in [-0.15, -0.1) is 11.8 Å². The van der Waals surface area contributed by atoms with E-state index in [1.54, 1.807) is 17.8 Å². The van der Waals surface area contributed by atoms with E-state index in [2.05, 4.69) is 25.3 Å². The molecule has 0 N–H and O–H groups in total. The number of thioether (sulfide) groups is 1. The molecule has 0 radical (unpaired) electrons. The van der Waals surface area contributed by atoms with E-state index in [1.807, 2.05) is 18.2 Å². The molecule has 118 valence electrons. The lowest BCUT2D eigenvalue weighted by molar-refractivity contribution is 0.0600. The van der Waals surface area contributed by atoms with Crippen molar-refractivity contribution in [3.8, 4) is 0 Å². The highest BCUT2D eigenvalue weighted by Crippen LogP contribution is 2.33. The van der Waals surface area contributed by atoms with Gasteiger partial charge in [0.15, 0.2) is 0 Å². The van der Waals surface area contributed by atoms with Crippen LogP contribution in [0.2, 0.25) is 0 Å². The van der Waals surface area contributed by atoms with E-state index in [4.69, 9.17) is 9.73 Å². The van der Waals surface area contributed by atoms with Gasteiger partial charge in [0, 0.05) is 23.4 Å². The Morgan fingerprint density at radius 1 is 1.30 bits per heavy atom. The molecule has 0 unspecified atom stereocenters. The largest absolute Gasteiger partial charge is 0.465 e. The zero-order valence-electron chi connectivity index (χ0n) is 13.6. The Labute approximate surface area is 140 Å². The van der Waals surface area contributed by atoms with Crippen molar-refractivity contribution >= 4 is 29.1 Å². The van der Waals surface area contributed by atoms with Crippen LogP contribution in [0.25, 0.3) is 0 Å². The minimum atomic E-state index is -0.302. The van der Waals surface area contributed by atoms with Gasteiger partial charge in [-0.3, -0.25) is 4.99 Å². The zero-order valence-corrected chi connectivity index (χ0v) is 14.4. The smallest absolute Gasteiger partial charge is 0.337 e. The van der Waals surface area contributed by atoms with Crippen molar-refractivity contribution in [1.29, 1.82) is 0 Å². The first kappa shape index (κ1) is 15.8. The summed E-state index contributed by atoms with van der Waals surface area (Å²) in [6.45, 7) is 2.12. The minimum Gasteiger partial charge on any atom is -0.465 e. The summed E-state index contributed by atoms with van der Waals surface area (Å²) < 4.78 is 4.78. The molecule has 0 aliphatic carbocycles. The number of aryl methyl sites for hydroxylation is 1. The average molecular weight is 325 g/mol. The third kappa shape index (κ3) is 3.32. The molecule has 3 nitrogen and oxygen atoms in total. The molecule has 2 aromatic rings. The summed E-state index contributed by atoms with van der Waals surface area (Å²) in [5, 5.41) is 0. The highest BCUT2D eigenvalue weighted by molar-refractivity contribution is 7.98. The van der Waals surface area contributed by atoms with E-state index in [9.17, 15) is 4.79 Å². The van der Waals surface area contributed by atoms with Gasteiger partial charge in [0.2, 0.25) is 0 Å². The van der Waals surface area contributed by atoms with Crippen LogP contribution >= 0.6 is 11.8 Å². The zero-order chi connectivity index (χ0) is 16.4. The van der Waals surface area contributed by atoms with Gasteiger partial charge >= 0.3 is 5.97 Å². The van der Waals surface area contributed by atoms with Crippen molar-refractivity contribution in [2.75, 3.05) is 13.4 Å². The van der Waals surface area contributed by atoms with Crippen molar-refractivity contribution in [2.45, 2.75) is 24.7 Å². The molecule has 0 fully saturated rings. The number of benzene rings is 2. The number of hydrogen-bond donors (Lipinski definition) is 0. The predicted octanol–water partition coefficient (Wildman–Crippen LogP) is 4.37. The summed E-state index contributed by atoms with van der Waals surface area (Å²) in [4.78, 5) is 17.7. The topological polar surface area (TPSA) is 38.7 Å². The summed E-state index contributed by atoms with van der Waals surface area (Å²) in [5.74, 6) is -0.302. The summed E-state index contributed by atoms with van der Waals surface area (Å²) in [5.41, 5.74) is 6.45. The number of aliphatic imine (C=N–C) groups is 1. The quantitative estimate of drug-likeness (QED) is 0.619. The van der Waals surface area contributed by atoms with Crippen LogP contribution in [0.15, 0.2) is 46.3 Å². The van der Waals surface area contributed by atoms with Crippen LogP contribution in [-0.4, -0.2) is 25.0 Å². The van der Waals surface area contributed by atoms with Crippen LogP contribution in [0.3, 0.4) is 0 Å². The van der Waals surface area contributed by atoms with Crippen LogP contribution in [0.1, 0.15) is 27.0 Å². The maximum absolute atomic E-state index is 11.6. The molecular weight excluding hydrogens is 306 g/mol. The first-order valence-corrected chi connectivity index (χ1v) is 8.74. The Morgan fingerprint density at radius 2 is 2.13 bits per heavy atom. The molecule has 0 bridgehead atoms. The van der Waals surface area contributed by atoms with E-state index < -0.39 is 0 Å². The summed E-state index contributed by atoms with van der Waals surface area (Å²) in [6, 6.07) is 12.0. The predicted molar refractivity (Wildman–Crippen MR) is 95.2 cm³/mol. The first-order valence-electron chi connectivity index (χ1n) is 7.52. The fourth-order valence-corrected chi connectivity index (χ4v) is 3.51. The van der Waals surface area contributed by atoms with Crippen LogP contribution < -0.4 is 0 Å². The van der Waals surface area contributed by atoms with Crippen molar-refractivity contribution in [3.05, 3.63) is 58.7 Å². The van der Waals surface area contributed by atoms with Crippen LogP contribution in [0.5, 0.6) is 0 Å². The van der Waals surface area contributed by atoms with Crippen molar-refractivity contribution < 1.29 is 9.53 Å². The molecule has 0 atom stereocenters. The number of ether oxygens (including phenoxy) is 1. The molecule has 0 saturated heterocycles. The SMILES string of the molecule is COC(=O)c1cccc(CC2=Nc3cc(C)c(SC)cc3C2)c1. The van der Waals surface area contributed by atoms with Gasteiger partial charge in [-0.1, -0.05) is 12.1 Å². The number of nitrogens with zero attached hydrogens (tertiary/aromatic N) is 1. The number of rotatable bonds is 4. The van der Waals surface area contributed by atoms with Crippen LogP contribution in [-0.2, 0) is 17.6 Å². The van der Waals surface area contributed by atoms with Crippen LogP contribution in [0.4, 0.5) is 5.69 Å². The summed E-state index contributed by atoms with van der Waals surface area (Å²) in [7, 11) is 1.40. The maximum atomic E-state index is 11.6. The number of hydrogen-bond acceptors (Lipinski definition) is 4. The molecule has 1 heterocycles. The molecule has 23 heavy (non-hydrogen) atoms. The Balaban J connectivity index is 1.80. The first-order chi connectivity index (χ1) is 11.1. The lowest BCUT2D eigenvalue weighted by Crippen LogP contribution is -2.05. The highest BCUT2D eigenvalue weighted by atomic mass is 32.2. The summed E-state index contributed by atoms with van der Waals surface area (Å²) >= 11 is 1.77. The number of esters is 1. The monoisotopic (exact) mass is 325 g/mol. The molecule has 0 amide bonds. The van der Waals surface area contributed by atoms with Crippen LogP contribution in [0, 0.1) is 6.92 Å². The standard InChI is InChI=1S/C19H19NO2S/c1-12-7-17-15(11-18(12)23-3)10-16(20-17)9-13-5-4-6-14(8-13)19(21)22-2/h4-8,11H,9-10H2,1-3H3. The van der Waals surface area contributed by atoms with Crippen molar-refractivity contribution in [2.24, 2.45) is 4.99 Å². The Bertz CT molecular complexity index is 796. The molecule has 0 saturated carbocycles. The Hall–Kier alpha value is -2.07. The van der Waals surface area contributed by atoms with Crippen molar-refractivity contribution in [3.63, 3.8) is 0 Å². The van der Waals surface area contributed by atoms with Gasteiger partial charge in [-0.2, -0.15) is 0 Å². The molecule has 3 rings (SSSR count). The Morgan fingerprint density at radius 3 is 2.87 bits per heavy atom. The molecule has 2 aromatic carbocycles. The number of carbonyl (C=O) groups excluding carboxylic acids is 1. The van der Waals surface area contributed by atoms with Gasteiger partial charge in [0.05, 0.1) is 18.4 Å². The molecule has 4 heteroatoms. The highest BCUT2D eigenvalue weighted by Gasteiger charge is 2.17. The van der Waals surface area contributed by atoms with E-state index >= 15 is 0 Å². The fraction of sp³-hybridized carbons (Fsp3) is 0.263. The van der Waals surface area contributed by atoms with Gasteiger partial charge < -0.3 is 4.74 Å². The lowest BCUT2D eigenvalue weighted by Gasteiger charge is -2.05. The van der Waals surface area contributed by atoms with E-state index in [0.29, 0.717) is 5.56 Å². The second-order valence-electron chi connectivity index (χ2n) is 5.67. The molecule has 0 spiro atoms. The Kier molecular flexibility index (Phi) is 4.53. The van der Waals surface area contributed by atoms with Gasteiger partial charge in [-0.25, -0.2) is 4.79 Å². The second kappa shape index (κ2) is 6.59. The molecule has 0 aromatic heterocycles. The maximum Gasteiger partial charge on any atom is 0.337 e. The molecule has 1 aliphatic rings. The van der Waals surface area contributed by atoms with E-state index in [-0.39, 0.29) is 5.97 Å².